The van der Waals surface area contributed by atoms with Crippen LogP contribution in [0.4, 0.5) is 5.82 Å². The van der Waals surface area contributed by atoms with Crippen molar-refractivity contribution < 1.29 is 14.3 Å². The van der Waals surface area contributed by atoms with Crippen molar-refractivity contribution in [3.63, 3.8) is 0 Å². The first kappa shape index (κ1) is 19.3. The molecule has 0 unspecified atom stereocenters. The van der Waals surface area contributed by atoms with Crippen LogP contribution in [-0.2, 0) is 4.74 Å². The Morgan fingerprint density at radius 2 is 1.79 bits per heavy atom. The van der Waals surface area contributed by atoms with E-state index >= 15 is 0 Å². The van der Waals surface area contributed by atoms with Crippen molar-refractivity contribution in [1.29, 1.82) is 0 Å². The molecular weight excluding hydrogens is 370 g/mol. The third kappa shape index (κ3) is 4.37. The van der Waals surface area contributed by atoms with Crippen LogP contribution < -0.4 is 11.1 Å². The fourth-order valence-corrected chi connectivity index (χ4v) is 3.76. The highest BCUT2D eigenvalue weighted by Crippen LogP contribution is 2.22. The maximum Gasteiger partial charge on any atom is 0.273 e. The lowest BCUT2D eigenvalue weighted by molar-refractivity contribution is 0.0303. The number of anilines is 1. The minimum atomic E-state index is -0.289. The molecule has 1 saturated carbocycles. The molecule has 8 nitrogen and oxygen atoms in total. The second-order valence-electron chi connectivity index (χ2n) is 7.43. The van der Waals surface area contributed by atoms with E-state index in [1.165, 1.54) is 0 Å². The van der Waals surface area contributed by atoms with E-state index in [9.17, 15) is 9.59 Å². The van der Waals surface area contributed by atoms with Crippen LogP contribution in [0.1, 0.15) is 46.5 Å². The second-order valence-corrected chi connectivity index (χ2v) is 7.43. The molecule has 2 fully saturated rings. The molecule has 29 heavy (non-hydrogen) atoms. The van der Waals surface area contributed by atoms with Gasteiger partial charge in [0.2, 0.25) is 0 Å². The van der Waals surface area contributed by atoms with Crippen LogP contribution in [0.3, 0.4) is 0 Å². The molecule has 3 N–H and O–H groups in total. The lowest BCUT2D eigenvalue weighted by Gasteiger charge is -2.26. The summed E-state index contributed by atoms with van der Waals surface area (Å²) in [6.45, 7) is 2.33. The summed E-state index contributed by atoms with van der Waals surface area (Å²) in [5.41, 5.74) is 7.96. The first-order valence-electron chi connectivity index (χ1n) is 10.0. The van der Waals surface area contributed by atoms with E-state index in [4.69, 9.17) is 10.5 Å². The van der Waals surface area contributed by atoms with E-state index in [0.717, 1.165) is 31.2 Å². The largest absolute Gasteiger partial charge is 0.382 e. The fraction of sp³-hybridized carbons (Fsp3) is 0.429. The fourth-order valence-electron chi connectivity index (χ4n) is 3.76. The van der Waals surface area contributed by atoms with Crippen molar-refractivity contribution >= 4 is 17.6 Å². The molecule has 152 valence electrons. The zero-order valence-corrected chi connectivity index (χ0v) is 16.3. The average Bonchev–Trinajstić information content (AvgIpc) is 3.27. The molecular formula is C21H25N5O3. The van der Waals surface area contributed by atoms with E-state index in [-0.39, 0.29) is 29.4 Å². The highest BCUT2D eigenvalue weighted by Gasteiger charge is 2.22. The van der Waals surface area contributed by atoms with Crippen molar-refractivity contribution in [1.82, 2.24) is 20.2 Å². The monoisotopic (exact) mass is 395 g/mol. The molecule has 1 aromatic heterocycles. The van der Waals surface area contributed by atoms with Gasteiger partial charge < -0.3 is 20.7 Å². The van der Waals surface area contributed by atoms with Gasteiger partial charge in [0, 0.05) is 30.3 Å². The number of benzene rings is 1. The van der Waals surface area contributed by atoms with Crippen LogP contribution in [0.25, 0.3) is 11.3 Å². The topological polar surface area (TPSA) is 110 Å². The number of nitrogens with two attached hydrogens (primary N) is 1. The highest BCUT2D eigenvalue weighted by atomic mass is 16.5. The molecule has 1 aromatic carbocycles. The quantitative estimate of drug-likeness (QED) is 0.818. The number of carbonyl (C=O) groups is 2. The van der Waals surface area contributed by atoms with Crippen LogP contribution in [0.15, 0.2) is 30.5 Å². The van der Waals surface area contributed by atoms with Crippen LogP contribution >= 0.6 is 0 Å². The van der Waals surface area contributed by atoms with E-state index < -0.39 is 0 Å². The normalized spacial score (nSPS) is 17.3. The van der Waals surface area contributed by atoms with Crippen LogP contribution in [-0.4, -0.2) is 59.0 Å². The Morgan fingerprint density at radius 3 is 2.48 bits per heavy atom. The minimum absolute atomic E-state index is 0.0140. The minimum Gasteiger partial charge on any atom is -0.382 e. The Hall–Kier alpha value is -3.00. The number of rotatable bonds is 4. The number of hydrogen-bond donors (Lipinski definition) is 2. The molecule has 1 aliphatic heterocycles. The predicted molar refractivity (Wildman–Crippen MR) is 108 cm³/mol. The first-order chi connectivity index (χ1) is 14.1. The van der Waals surface area contributed by atoms with E-state index in [2.05, 4.69) is 15.3 Å². The summed E-state index contributed by atoms with van der Waals surface area (Å²) in [6, 6.07) is 7.34. The van der Waals surface area contributed by atoms with Crippen molar-refractivity contribution in [3.8, 4) is 11.3 Å². The van der Waals surface area contributed by atoms with Gasteiger partial charge in [-0.05, 0) is 25.0 Å². The summed E-state index contributed by atoms with van der Waals surface area (Å²) in [6.07, 6.45) is 5.76. The van der Waals surface area contributed by atoms with E-state index in [0.29, 0.717) is 37.6 Å². The maximum atomic E-state index is 12.6. The smallest absolute Gasteiger partial charge is 0.273 e. The molecule has 1 saturated heterocycles. The highest BCUT2D eigenvalue weighted by molar-refractivity contribution is 5.97. The summed E-state index contributed by atoms with van der Waals surface area (Å²) >= 11 is 0. The number of amides is 2. The maximum absolute atomic E-state index is 12.6. The van der Waals surface area contributed by atoms with E-state index in [1.807, 2.05) is 12.1 Å². The Balaban J connectivity index is 1.50. The predicted octanol–water partition coefficient (Wildman–Crippen LogP) is 1.87. The lowest BCUT2D eigenvalue weighted by Crippen LogP contribution is -2.40. The molecule has 1 aliphatic carbocycles. The van der Waals surface area contributed by atoms with E-state index in [1.54, 1.807) is 23.2 Å². The van der Waals surface area contributed by atoms with Gasteiger partial charge in [0.05, 0.1) is 25.1 Å². The molecule has 0 spiro atoms. The summed E-state index contributed by atoms with van der Waals surface area (Å²) in [5.74, 6) is -0.189. The average molecular weight is 395 g/mol. The van der Waals surface area contributed by atoms with Gasteiger partial charge in [0.1, 0.15) is 0 Å². The van der Waals surface area contributed by atoms with Crippen molar-refractivity contribution in [3.05, 3.63) is 41.7 Å². The molecule has 0 radical (unpaired) electrons. The summed E-state index contributed by atoms with van der Waals surface area (Å²) in [4.78, 5) is 35.5. The van der Waals surface area contributed by atoms with Gasteiger partial charge in [0.25, 0.3) is 11.8 Å². The van der Waals surface area contributed by atoms with Gasteiger partial charge in [-0.2, -0.15) is 0 Å². The second kappa shape index (κ2) is 8.57. The molecule has 2 heterocycles. The molecule has 0 atom stereocenters. The van der Waals surface area contributed by atoms with Crippen molar-refractivity contribution in [2.24, 2.45) is 0 Å². The van der Waals surface area contributed by atoms with Crippen molar-refractivity contribution in [2.75, 3.05) is 32.0 Å². The Labute approximate surface area is 169 Å². The number of nitrogens with zero attached hydrogens (tertiary/aromatic N) is 3. The molecule has 4 rings (SSSR count). The number of ether oxygens (including phenoxy) is 1. The Morgan fingerprint density at radius 1 is 1.10 bits per heavy atom. The van der Waals surface area contributed by atoms with Crippen LogP contribution in [0.2, 0.25) is 0 Å². The van der Waals surface area contributed by atoms with Gasteiger partial charge in [-0.3, -0.25) is 9.59 Å². The SMILES string of the molecule is Nc1ncc(-c2ccc(C(=O)N3CCOCC3)cc2)nc1C(=O)NC1CCCC1. The van der Waals surface area contributed by atoms with Crippen LogP contribution in [0.5, 0.6) is 0 Å². The molecule has 2 aromatic rings. The zero-order chi connectivity index (χ0) is 20.2. The van der Waals surface area contributed by atoms with Gasteiger partial charge in [-0.15, -0.1) is 0 Å². The Kier molecular flexibility index (Phi) is 5.71. The molecule has 0 bridgehead atoms. The number of aromatic nitrogens is 2. The number of morpholine rings is 1. The third-order valence-electron chi connectivity index (χ3n) is 5.43. The van der Waals surface area contributed by atoms with Gasteiger partial charge in [-0.1, -0.05) is 25.0 Å². The third-order valence-corrected chi connectivity index (χ3v) is 5.43. The number of hydrogen-bond acceptors (Lipinski definition) is 6. The summed E-state index contributed by atoms with van der Waals surface area (Å²) < 4.78 is 5.29. The lowest BCUT2D eigenvalue weighted by atomic mass is 10.1. The van der Waals surface area contributed by atoms with Crippen LogP contribution in [0, 0.1) is 0 Å². The van der Waals surface area contributed by atoms with Gasteiger partial charge in [-0.25, -0.2) is 9.97 Å². The van der Waals surface area contributed by atoms with Gasteiger partial charge in [0.15, 0.2) is 11.5 Å². The number of carbonyl (C=O) groups excluding carboxylic acids is 2. The standard InChI is InChI=1S/C21H25N5O3/c22-19-18(20(27)24-16-3-1-2-4-16)25-17(13-23-19)14-5-7-15(8-6-14)21(28)26-9-11-29-12-10-26/h5-8,13,16H,1-4,9-12H2,(H2,22,23)(H,24,27). The molecule has 2 amide bonds. The zero-order valence-electron chi connectivity index (χ0n) is 16.3. The number of nitrogens with one attached hydrogen (secondary N) is 1. The molecule has 8 heteroatoms. The summed E-state index contributed by atoms with van der Waals surface area (Å²) in [7, 11) is 0. The van der Waals surface area contributed by atoms with Crippen molar-refractivity contribution in [2.45, 2.75) is 31.7 Å². The first-order valence-corrected chi connectivity index (χ1v) is 10.0. The summed E-state index contributed by atoms with van der Waals surface area (Å²) in [5, 5.41) is 2.99. The van der Waals surface area contributed by atoms with Gasteiger partial charge >= 0.3 is 0 Å². The molecule has 2 aliphatic rings. The Bertz CT molecular complexity index is 888. The number of nitrogen functional groups attached to an aromatic ring is 1.